The average molecular weight is 192 g/mol. The Balaban J connectivity index is 2.45. The van der Waals surface area contributed by atoms with Crippen molar-refractivity contribution in [1.29, 1.82) is 0 Å². The molecule has 1 aliphatic rings. The maximum Gasteiger partial charge on any atom is 0.256 e. The molecule has 0 fully saturated rings. The molecule has 0 saturated heterocycles. The van der Waals surface area contributed by atoms with Gasteiger partial charge in [-0.3, -0.25) is 9.59 Å². The standard InChI is InChI=1S/C10H12N2O2/c1-6(2)12-5-7-3-9(13)11-4-8(7)10(12)14/h3-4,6H,5H2,1-2H3,(H,11,13). The molecule has 2 heterocycles. The number of H-pyrrole nitrogens is 1. The van der Waals surface area contributed by atoms with Crippen LogP contribution in [0.25, 0.3) is 0 Å². The maximum atomic E-state index is 11.8. The largest absolute Gasteiger partial charge is 0.332 e. The van der Waals surface area contributed by atoms with Gasteiger partial charge in [0.2, 0.25) is 5.56 Å². The number of amides is 1. The molecular weight excluding hydrogens is 180 g/mol. The van der Waals surface area contributed by atoms with E-state index in [9.17, 15) is 9.59 Å². The van der Waals surface area contributed by atoms with Gasteiger partial charge in [0.25, 0.3) is 5.91 Å². The van der Waals surface area contributed by atoms with Crippen molar-refractivity contribution in [1.82, 2.24) is 9.88 Å². The van der Waals surface area contributed by atoms with E-state index in [1.807, 2.05) is 13.8 Å². The Labute approximate surface area is 81.6 Å². The van der Waals surface area contributed by atoms with Crippen LogP contribution in [-0.4, -0.2) is 21.8 Å². The predicted octanol–water partition coefficient (Wildman–Crippen LogP) is 0.739. The number of hydrogen-bond acceptors (Lipinski definition) is 2. The Hall–Kier alpha value is -1.58. The van der Waals surface area contributed by atoms with Gasteiger partial charge in [-0.1, -0.05) is 0 Å². The summed E-state index contributed by atoms with van der Waals surface area (Å²) in [6.07, 6.45) is 1.50. The summed E-state index contributed by atoms with van der Waals surface area (Å²) < 4.78 is 0. The fourth-order valence-electron chi connectivity index (χ4n) is 1.67. The number of aromatic nitrogens is 1. The molecule has 4 heteroatoms. The smallest absolute Gasteiger partial charge is 0.256 e. The monoisotopic (exact) mass is 192 g/mol. The Morgan fingerprint density at radius 2 is 2.14 bits per heavy atom. The van der Waals surface area contributed by atoms with Crippen LogP contribution >= 0.6 is 0 Å². The minimum atomic E-state index is -0.151. The summed E-state index contributed by atoms with van der Waals surface area (Å²) >= 11 is 0. The van der Waals surface area contributed by atoms with E-state index in [-0.39, 0.29) is 17.5 Å². The molecule has 0 aromatic carbocycles. The molecule has 2 rings (SSSR count). The topological polar surface area (TPSA) is 53.2 Å². The average Bonchev–Trinajstić information content (AvgIpc) is 2.43. The van der Waals surface area contributed by atoms with Gasteiger partial charge in [0.1, 0.15) is 0 Å². The predicted molar refractivity (Wildman–Crippen MR) is 52.1 cm³/mol. The quantitative estimate of drug-likeness (QED) is 0.713. The van der Waals surface area contributed by atoms with E-state index < -0.39 is 0 Å². The molecule has 74 valence electrons. The van der Waals surface area contributed by atoms with E-state index in [4.69, 9.17) is 0 Å². The van der Waals surface area contributed by atoms with E-state index in [1.165, 1.54) is 12.3 Å². The normalized spacial score (nSPS) is 15.1. The third kappa shape index (κ3) is 1.23. The summed E-state index contributed by atoms with van der Waals surface area (Å²) in [6.45, 7) is 4.48. The number of pyridine rings is 1. The molecule has 0 unspecified atom stereocenters. The number of carbonyl (C=O) groups excluding carboxylic acids is 1. The van der Waals surface area contributed by atoms with Gasteiger partial charge in [-0.05, 0) is 19.4 Å². The first-order valence-corrected chi connectivity index (χ1v) is 4.62. The molecule has 0 atom stereocenters. The van der Waals surface area contributed by atoms with Crippen molar-refractivity contribution in [2.75, 3.05) is 0 Å². The van der Waals surface area contributed by atoms with Crippen LogP contribution in [0.2, 0.25) is 0 Å². The first-order valence-electron chi connectivity index (χ1n) is 4.62. The maximum absolute atomic E-state index is 11.8. The van der Waals surface area contributed by atoms with Crippen LogP contribution in [0.3, 0.4) is 0 Å². The second-order valence-corrected chi connectivity index (χ2v) is 3.76. The molecule has 14 heavy (non-hydrogen) atoms. The second-order valence-electron chi connectivity index (χ2n) is 3.76. The Morgan fingerprint density at radius 3 is 2.79 bits per heavy atom. The number of hydrogen-bond donors (Lipinski definition) is 1. The minimum absolute atomic E-state index is 0.00579. The number of rotatable bonds is 1. The van der Waals surface area contributed by atoms with Crippen LogP contribution in [0.4, 0.5) is 0 Å². The van der Waals surface area contributed by atoms with Crippen molar-refractivity contribution >= 4 is 5.91 Å². The summed E-state index contributed by atoms with van der Waals surface area (Å²) in [4.78, 5) is 27.0. The van der Waals surface area contributed by atoms with Crippen molar-refractivity contribution < 1.29 is 4.79 Å². The minimum Gasteiger partial charge on any atom is -0.332 e. The van der Waals surface area contributed by atoms with E-state index in [1.54, 1.807) is 4.90 Å². The molecule has 1 aromatic rings. The molecule has 0 radical (unpaired) electrons. The van der Waals surface area contributed by atoms with E-state index >= 15 is 0 Å². The molecule has 1 aromatic heterocycles. The molecule has 1 N–H and O–H groups in total. The molecule has 1 aliphatic heterocycles. The highest BCUT2D eigenvalue weighted by Crippen LogP contribution is 2.21. The molecule has 0 aliphatic carbocycles. The van der Waals surface area contributed by atoms with Crippen molar-refractivity contribution in [3.8, 4) is 0 Å². The summed E-state index contributed by atoms with van der Waals surface area (Å²) in [7, 11) is 0. The van der Waals surface area contributed by atoms with Crippen molar-refractivity contribution in [2.24, 2.45) is 0 Å². The fourth-order valence-corrected chi connectivity index (χ4v) is 1.67. The molecule has 0 spiro atoms. The first kappa shape index (κ1) is 8.99. The molecule has 4 nitrogen and oxygen atoms in total. The highest BCUT2D eigenvalue weighted by molar-refractivity contribution is 5.98. The van der Waals surface area contributed by atoms with Gasteiger partial charge in [0, 0.05) is 24.8 Å². The van der Waals surface area contributed by atoms with Crippen LogP contribution in [-0.2, 0) is 6.54 Å². The number of nitrogens with zero attached hydrogens (tertiary/aromatic N) is 1. The van der Waals surface area contributed by atoms with E-state index in [0.29, 0.717) is 12.1 Å². The molecule has 0 saturated carbocycles. The van der Waals surface area contributed by atoms with Crippen molar-refractivity contribution in [3.63, 3.8) is 0 Å². The first-order chi connectivity index (χ1) is 6.59. The van der Waals surface area contributed by atoms with Gasteiger partial charge in [-0.2, -0.15) is 0 Å². The summed E-state index contributed by atoms with van der Waals surface area (Å²) in [5, 5.41) is 0. The van der Waals surface area contributed by atoms with Gasteiger partial charge >= 0.3 is 0 Å². The highest BCUT2D eigenvalue weighted by Gasteiger charge is 2.29. The van der Waals surface area contributed by atoms with E-state index in [0.717, 1.165) is 5.56 Å². The summed E-state index contributed by atoms with van der Waals surface area (Å²) in [6, 6.07) is 1.67. The van der Waals surface area contributed by atoms with Gasteiger partial charge in [-0.15, -0.1) is 0 Å². The Kier molecular flexibility index (Phi) is 1.91. The summed E-state index contributed by atoms with van der Waals surface area (Å²) in [5.41, 5.74) is 1.30. The lowest BCUT2D eigenvalue weighted by Gasteiger charge is -2.19. The van der Waals surface area contributed by atoms with Crippen molar-refractivity contribution in [3.05, 3.63) is 33.7 Å². The van der Waals surface area contributed by atoms with Crippen LogP contribution in [0.15, 0.2) is 17.1 Å². The van der Waals surface area contributed by atoms with Crippen molar-refractivity contribution in [2.45, 2.75) is 26.4 Å². The zero-order valence-corrected chi connectivity index (χ0v) is 8.20. The Bertz CT molecular complexity index is 434. The SMILES string of the molecule is CC(C)N1Cc2cc(=O)[nH]cc2C1=O. The highest BCUT2D eigenvalue weighted by atomic mass is 16.2. The lowest BCUT2D eigenvalue weighted by Crippen LogP contribution is -2.30. The van der Waals surface area contributed by atoms with Crippen LogP contribution in [0.5, 0.6) is 0 Å². The number of aromatic amines is 1. The molecule has 0 bridgehead atoms. The van der Waals surface area contributed by atoms with Crippen LogP contribution in [0.1, 0.15) is 29.8 Å². The van der Waals surface area contributed by atoms with Gasteiger partial charge in [-0.25, -0.2) is 0 Å². The van der Waals surface area contributed by atoms with Gasteiger partial charge in [0.15, 0.2) is 0 Å². The molecular formula is C10H12N2O2. The van der Waals surface area contributed by atoms with Gasteiger partial charge in [0.05, 0.1) is 5.56 Å². The van der Waals surface area contributed by atoms with Crippen LogP contribution < -0.4 is 5.56 Å². The third-order valence-electron chi connectivity index (χ3n) is 2.47. The van der Waals surface area contributed by atoms with Crippen LogP contribution in [0, 0.1) is 0 Å². The number of carbonyl (C=O) groups is 1. The fraction of sp³-hybridized carbons (Fsp3) is 0.400. The number of fused-ring (bicyclic) bond motifs is 1. The second kappa shape index (κ2) is 2.97. The van der Waals surface area contributed by atoms with E-state index in [2.05, 4.69) is 4.98 Å². The van der Waals surface area contributed by atoms with Gasteiger partial charge < -0.3 is 9.88 Å². The zero-order chi connectivity index (χ0) is 10.3. The third-order valence-corrected chi connectivity index (χ3v) is 2.47. The zero-order valence-electron chi connectivity index (χ0n) is 8.20. The molecule has 1 amide bonds. The summed E-state index contributed by atoms with van der Waals surface area (Å²) in [5.74, 6) is 0.00579. The Morgan fingerprint density at radius 1 is 1.43 bits per heavy atom. The number of nitrogens with one attached hydrogen (secondary N) is 1. The lowest BCUT2D eigenvalue weighted by molar-refractivity contribution is 0.0730. The lowest BCUT2D eigenvalue weighted by atomic mass is 10.2.